The van der Waals surface area contributed by atoms with Gasteiger partial charge in [0.05, 0.1) is 0 Å². The minimum atomic E-state index is -0.136. The molecule has 108 valence electrons. The summed E-state index contributed by atoms with van der Waals surface area (Å²) in [6, 6.07) is 11.8. The zero-order valence-electron chi connectivity index (χ0n) is 12.4. The van der Waals surface area contributed by atoms with E-state index in [-0.39, 0.29) is 16.9 Å². The van der Waals surface area contributed by atoms with Crippen LogP contribution in [-0.4, -0.2) is 15.3 Å². The lowest BCUT2D eigenvalue weighted by atomic mass is 9.86. The van der Waals surface area contributed by atoms with Gasteiger partial charge in [0.2, 0.25) is 0 Å². The van der Waals surface area contributed by atoms with Gasteiger partial charge in [0.25, 0.3) is 0 Å². The number of aryl methyl sites for hydroxylation is 1. The van der Waals surface area contributed by atoms with Gasteiger partial charge in [-0.05, 0) is 42.2 Å². The normalized spacial score (nSPS) is 10.6. The van der Waals surface area contributed by atoms with Gasteiger partial charge in [-0.25, -0.2) is 0 Å². The van der Waals surface area contributed by atoms with E-state index in [1.807, 2.05) is 45.9 Å². The third-order valence-electron chi connectivity index (χ3n) is 2.90. The molecule has 0 heterocycles. The van der Waals surface area contributed by atoms with Crippen LogP contribution in [-0.2, 0) is 5.41 Å². The van der Waals surface area contributed by atoms with Gasteiger partial charge in [-0.3, -0.25) is 0 Å². The van der Waals surface area contributed by atoms with Gasteiger partial charge in [0, 0.05) is 5.56 Å². The van der Waals surface area contributed by atoms with Gasteiger partial charge in [0.1, 0.15) is 17.2 Å². The van der Waals surface area contributed by atoms with Gasteiger partial charge in [-0.2, -0.15) is 0 Å². The smallest absolute Gasteiger partial charge is 0.119 e. The predicted octanol–water partition coefficient (Wildman–Crippen LogP) is 4.10. The number of hydrogen-bond donors (Lipinski definition) is 3. The molecular weight excluding hydrogens is 252 g/mol. The van der Waals surface area contributed by atoms with Crippen LogP contribution in [0.25, 0.3) is 0 Å². The molecule has 0 aromatic heterocycles. The lowest BCUT2D eigenvalue weighted by Crippen LogP contribution is -2.10. The van der Waals surface area contributed by atoms with Crippen molar-refractivity contribution in [3.63, 3.8) is 0 Å². The summed E-state index contributed by atoms with van der Waals surface area (Å²) in [4.78, 5) is 0. The Balaban J connectivity index is 0.000000217. The lowest BCUT2D eigenvalue weighted by Gasteiger charge is -2.20. The molecule has 0 atom stereocenters. The molecule has 0 unspecified atom stereocenters. The SMILES string of the molecule is CC(C)(C)c1cc(O)ccc1O.Cc1ccccc1O. The standard InChI is InChI=1S/C10H14O2.C7H8O/c1-10(2,3)8-6-7(11)4-5-9(8)12;1-6-4-2-3-5-7(6)8/h4-6,11-12H,1-3H3;2-5,8H,1H3. The molecule has 3 heteroatoms. The van der Waals surface area contributed by atoms with Crippen LogP contribution in [0.1, 0.15) is 31.9 Å². The van der Waals surface area contributed by atoms with Gasteiger partial charge in [0.15, 0.2) is 0 Å². The molecule has 0 saturated carbocycles. The van der Waals surface area contributed by atoms with Gasteiger partial charge < -0.3 is 15.3 Å². The van der Waals surface area contributed by atoms with E-state index >= 15 is 0 Å². The Hall–Kier alpha value is -2.16. The Bertz CT molecular complexity index is 548. The van der Waals surface area contributed by atoms with Gasteiger partial charge in [-0.15, -0.1) is 0 Å². The molecule has 3 N–H and O–H groups in total. The van der Waals surface area contributed by atoms with Crippen LogP contribution >= 0.6 is 0 Å². The number of hydrogen-bond acceptors (Lipinski definition) is 3. The van der Waals surface area contributed by atoms with Crippen molar-refractivity contribution in [1.29, 1.82) is 0 Å². The summed E-state index contributed by atoms with van der Waals surface area (Å²) in [7, 11) is 0. The quantitative estimate of drug-likeness (QED) is 0.634. The first-order valence-electron chi connectivity index (χ1n) is 6.49. The third kappa shape index (κ3) is 4.50. The van der Waals surface area contributed by atoms with Crippen LogP contribution < -0.4 is 0 Å². The average Bonchev–Trinajstić information content (AvgIpc) is 2.35. The number of rotatable bonds is 0. The average molecular weight is 274 g/mol. The van der Waals surface area contributed by atoms with E-state index in [2.05, 4.69) is 0 Å². The maximum Gasteiger partial charge on any atom is 0.119 e. The van der Waals surface area contributed by atoms with Gasteiger partial charge in [-0.1, -0.05) is 39.0 Å². The summed E-state index contributed by atoms with van der Waals surface area (Å²) >= 11 is 0. The predicted molar refractivity (Wildman–Crippen MR) is 81.3 cm³/mol. The van der Waals surface area contributed by atoms with Crippen molar-refractivity contribution in [2.45, 2.75) is 33.1 Å². The van der Waals surface area contributed by atoms with E-state index < -0.39 is 0 Å². The van der Waals surface area contributed by atoms with Crippen molar-refractivity contribution in [2.24, 2.45) is 0 Å². The minimum absolute atomic E-state index is 0.136. The zero-order valence-corrected chi connectivity index (χ0v) is 12.4. The maximum atomic E-state index is 9.46. The number of phenolic OH excluding ortho intramolecular Hbond substituents is 3. The summed E-state index contributed by atoms with van der Waals surface area (Å²) < 4.78 is 0. The topological polar surface area (TPSA) is 60.7 Å². The highest BCUT2D eigenvalue weighted by Gasteiger charge is 2.17. The fourth-order valence-electron chi connectivity index (χ4n) is 1.69. The molecule has 0 aliphatic rings. The van der Waals surface area contributed by atoms with Crippen LogP contribution in [0.3, 0.4) is 0 Å². The van der Waals surface area contributed by atoms with Crippen molar-refractivity contribution in [1.82, 2.24) is 0 Å². The first-order chi connectivity index (χ1) is 9.21. The molecule has 0 saturated heterocycles. The minimum Gasteiger partial charge on any atom is -0.508 e. The summed E-state index contributed by atoms with van der Waals surface area (Å²) in [5, 5.41) is 27.6. The second kappa shape index (κ2) is 6.33. The Morgan fingerprint density at radius 1 is 0.800 bits per heavy atom. The van der Waals surface area contributed by atoms with Gasteiger partial charge >= 0.3 is 0 Å². The number of benzene rings is 2. The molecule has 0 bridgehead atoms. The zero-order chi connectivity index (χ0) is 15.3. The van der Waals surface area contributed by atoms with Crippen molar-refractivity contribution >= 4 is 0 Å². The monoisotopic (exact) mass is 274 g/mol. The molecule has 0 aliphatic heterocycles. The summed E-state index contributed by atoms with van der Waals surface area (Å²) in [5.41, 5.74) is 1.55. The van der Waals surface area contributed by atoms with Crippen LogP contribution in [0.2, 0.25) is 0 Å². The number of phenols is 3. The summed E-state index contributed by atoms with van der Waals surface area (Å²) in [5.74, 6) is 0.797. The van der Waals surface area contributed by atoms with E-state index in [1.165, 1.54) is 12.1 Å². The highest BCUT2D eigenvalue weighted by atomic mass is 16.3. The van der Waals surface area contributed by atoms with Crippen LogP contribution in [0, 0.1) is 6.92 Å². The van der Waals surface area contributed by atoms with E-state index in [0.717, 1.165) is 11.1 Å². The molecule has 0 spiro atoms. The second-order valence-electron chi connectivity index (χ2n) is 5.74. The molecule has 0 amide bonds. The van der Waals surface area contributed by atoms with Crippen molar-refractivity contribution in [3.8, 4) is 17.2 Å². The highest BCUT2D eigenvalue weighted by molar-refractivity contribution is 5.42. The fourth-order valence-corrected chi connectivity index (χ4v) is 1.69. The molecule has 3 nitrogen and oxygen atoms in total. The Morgan fingerprint density at radius 2 is 1.40 bits per heavy atom. The molecule has 0 fully saturated rings. The maximum absolute atomic E-state index is 9.46. The molecule has 2 rings (SSSR count). The Kier molecular flexibility index (Phi) is 5.03. The number of para-hydroxylation sites is 1. The molecule has 0 radical (unpaired) electrons. The molecule has 2 aromatic rings. The largest absolute Gasteiger partial charge is 0.508 e. The van der Waals surface area contributed by atoms with Crippen molar-refractivity contribution in [2.75, 3.05) is 0 Å². The second-order valence-corrected chi connectivity index (χ2v) is 5.74. The third-order valence-corrected chi connectivity index (χ3v) is 2.90. The first-order valence-corrected chi connectivity index (χ1v) is 6.49. The van der Waals surface area contributed by atoms with Crippen molar-refractivity contribution in [3.05, 3.63) is 53.6 Å². The molecule has 20 heavy (non-hydrogen) atoms. The van der Waals surface area contributed by atoms with Crippen LogP contribution in [0.15, 0.2) is 42.5 Å². The Labute approximate surface area is 120 Å². The molecular formula is C17H22O3. The first kappa shape index (κ1) is 15.9. The number of aromatic hydroxyl groups is 3. The van der Waals surface area contributed by atoms with E-state index in [9.17, 15) is 10.2 Å². The van der Waals surface area contributed by atoms with Crippen LogP contribution in [0.4, 0.5) is 0 Å². The Morgan fingerprint density at radius 3 is 1.80 bits per heavy atom. The summed E-state index contributed by atoms with van der Waals surface area (Å²) in [6.07, 6.45) is 0. The fraction of sp³-hybridized carbons (Fsp3) is 0.294. The lowest BCUT2D eigenvalue weighted by molar-refractivity contribution is 0.435. The molecule has 0 aliphatic carbocycles. The van der Waals surface area contributed by atoms with Crippen molar-refractivity contribution < 1.29 is 15.3 Å². The van der Waals surface area contributed by atoms with E-state index in [0.29, 0.717) is 5.75 Å². The summed E-state index contributed by atoms with van der Waals surface area (Å²) in [6.45, 7) is 7.83. The van der Waals surface area contributed by atoms with E-state index in [4.69, 9.17) is 5.11 Å². The van der Waals surface area contributed by atoms with E-state index in [1.54, 1.807) is 12.1 Å². The molecule has 2 aromatic carbocycles. The highest BCUT2D eigenvalue weighted by Crippen LogP contribution is 2.32. The van der Waals surface area contributed by atoms with Crippen LogP contribution in [0.5, 0.6) is 17.2 Å².